The molecule has 1 aromatic heterocycles. The number of hydrogen-bond acceptors (Lipinski definition) is 4. The average molecular weight is 389 g/mol. The summed E-state index contributed by atoms with van der Waals surface area (Å²) in [6.07, 6.45) is -4.74. The van der Waals surface area contributed by atoms with Crippen molar-refractivity contribution in [1.82, 2.24) is 15.5 Å². The smallest absolute Gasteiger partial charge is 0.352 e. The molecule has 0 spiro atoms. The molecule has 2 aromatic carbocycles. The highest BCUT2D eigenvalue weighted by molar-refractivity contribution is 5.77. The summed E-state index contributed by atoms with van der Waals surface area (Å²) in [5.41, 5.74) is 1.37. The number of nitrogens with zero attached hydrogens (tertiary/aromatic N) is 2. The fourth-order valence-electron chi connectivity index (χ4n) is 2.66. The van der Waals surface area contributed by atoms with Gasteiger partial charge in [-0.15, -0.1) is 0 Å². The van der Waals surface area contributed by atoms with Crippen molar-refractivity contribution in [1.29, 1.82) is 0 Å². The molecule has 0 fully saturated rings. The number of aryl methyl sites for hydroxylation is 1. The van der Waals surface area contributed by atoms with E-state index in [1.54, 1.807) is 0 Å². The highest BCUT2D eigenvalue weighted by Gasteiger charge is 2.33. The Labute approximate surface area is 159 Å². The molecule has 0 aliphatic carbocycles. The van der Waals surface area contributed by atoms with Gasteiger partial charge < -0.3 is 9.84 Å². The molecule has 0 aliphatic rings. The van der Waals surface area contributed by atoms with Gasteiger partial charge in [-0.25, -0.2) is 0 Å². The van der Waals surface area contributed by atoms with E-state index in [1.807, 2.05) is 31.2 Å². The first-order valence-corrected chi connectivity index (χ1v) is 8.60. The van der Waals surface area contributed by atoms with Crippen LogP contribution >= 0.6 is 0 Å². The molecule has 0 atom stereocenters. The topological polar surface area (TPSA) is 68.0 Å². The normalized spacial score (nSPS) is 11.4. The lowest BCUT2D eigenvalue weighted by atomic mass is 10.0. The summed E-state index contributed by atoms with van der Waals surface area (Å²) in [4.78, 5) is 16.1. The van der Waals surface area contributed by atoms with Crippen molar-refractivity contribution in [3.8, 4) is 0 Å². The Morgan fingerprint density at radius 3 is 2.54 bits per heavy atom. The molecular formula is C20H18F3N3O2. The Balaban J connectivity index is 1.58. The molecule has 0 saturated heterocycles. The van der Waals surface area contributed by atoms with E-state index in [-0.39, 0.29) is 36.0 Å². The average Bonchev–Trinajstić information content (AvgIpc) is 3.07. The van der Waals surface area contributed by atoms with Crippen LogP contribution in [0.5, 0.6) is 0 Å². The van der Waals surface area contributed by atoms with E-state index >= 15 is 0 Å². The first-order chi connectivity index (χ1) is 13.3. The zero-order valence-corrected chi connectivity index (χ0v) is 15.1. The van der Waals surface area contributed by atoms with Crippen molar-refractivity contribution < 1.29 is 22.5 Å². The van der Waals surface area contributed by atoms with E-state index in [4.69, 9.17) is 4.52 Å². The Morgan fingerprint density at radius 1 is 1.11 bits per heavy atom. The third kappa shape index (κ3) is 5.18. The van der Waals surface area contributed by atoms with E-state index in [2.05, 4.69) is 15.5 Å². The summed E-state index contributed by atoms with van der Waals surface area (Å²) in [6, 6.07) is 12.9. The van der Waals surface area contributed by atoms with Gasteiger partial charge >= 0.3 is 6.18 Å². The minimum atomic E-state index is -4.46. The zero-order valence-electron chi connectivity index (χ0n) is 15.1. The number of alkyl halides is 3. The first-order valence-electron chi connectivity index (χ1n) is 8.60. The predicted molar refractivity (Wildman–Crippen MR) is 95.3 cm³/mol. The summed E-state index contributed by atoms with van der Waals surface area (Å²) >= 11 is 0. The molecule has 1 N–H and O–H groups in total. The Hall–Kier alpha value is -3.16. The summed E-state index contributed by atoms with van der Waals surface area (Å²) in [6.45, 7) is 2.34. The van der Waals surface area contributed by atoms with Gasteiger partial charge in [0.05, 0.1) is 18.4 Å². The largest absolute Gasteiger partial charge is 0.416 e. The molecule has 0 bridgehead atoms. The van der Waals surface area contributed by atoms with Crippen LogP contribution in [0.4, 0.5) is 13.2 Å². The van der Waals surface area contributed by atoms with Crippen LogP contribution in [0, 0.1) is 6.92 Å². The van der Waals surface area contributed by atoms with Gasteiger partial charge in [0.2, 0.25) is 11.8 Å². The molecular weight excluding hydrogens is 371 g/mol. The number of carbonyl (C=O) groups excluding carboxylic acids is 1. The second-order valence-electron chi connectivity index (χ2n) is 6.38. The van der Waals surface area contributed by atoms with Crippen molar-refractivity contribution in [3.05, 3.63) is 82.5 Å². The summed E-state index contributed by atoms with van der Waals surface area (Å²) in [5, 5.41) is 6.43. The van der Waals surface area contributed by atoms with Crippen molar-refractivity contribution in [3.63, 3.8) is 0 Å². The van der Waals surface area contributed by atoms with E-state index in [0.717, 1.165) is 17.2 Å². The minimum absolute atomic E-state index is 0.0260. The van der Waals surface area contributed by atoms with Crippen molar-refractivity contribution in [2.45, 2.75) is 32.5 Å². The number of amides is 1. The van der Waals surface area contributed by atoms with E-state index in [1.165, 1.54) is 18.2 Å². The molecule has 1 amide bonds. The lowest BCUT2D eigenvalue weighted by molar-refractivity contribution is -0.138. The lowest BCUT2D eigenvalue weighted by Crippen LogP contribution is -2.25. The first kappa shape index (κ1) is 19.6. The van der Waals surface area contributed by atoms with E-state index in [0.29, 0.717) is 6.54 Å². The molecule has 0 saturated carbocycles. The number of nitrogens with one attached hydrogen (secondary N) is 1. The molecule has 0 aliphatic heterocycles. The number of aromatic nitrogens is 2. The van der Waals surface area contributed by atoms with Crippen molar-refractivity contribution in [2.75, 3.05) is 0 Å². The van der Waals surface area contributed by atoms with Gasteiger partial charge in [-0.05, 0) is 24.1 Å². The van der Waals surface area contributed by atoms with Crippen molar-refractivity contribution >= 4 is 5.91 Å². The summed E-state index contributed by atoms with van der Waals surface area (Å²) < 4.78 is 44.2. The Morgan fingerprint density at radius 2 is 1.82 bits per heavy atom. The monoisotopic (exact) mass is 389 g/mol. The number of benzene rings is 2. The van der Waals surface area contributed by atoms with Gasteiger partial charge in [0.25, 0.3) is 0 Å². The minimum Gasteiger partial charge on any atom is -0.352 e. The second-order valence-corrected chi connectivity index (χ2v) is 6.38. The molecule has 28 heavy (non-hydrogen) atoms. The molecule has 1 heterocycles. The number of hydrogen-bond donors (Lipinski definition) is 1. The molecule has 3 rings (SSSR count). The van der Waals surface area contributed by atoms with Crippen LogP contribution in [0.1, 0.15) is 34.0 Å². The van der Waals surface area contributed by atoms with E-state index in [9.17, 15) is 18.0 Å². The number of halogens is 3. The standard InChI is InChI=1S/C20H18F3N3O2/c1-13-6-8-14(9-7-13)12-24-18(27)11-17-25-19(28-26-17)10-15-4-2-3-5-16(15)20(21,22)23/h2-9H,10-12H2,1H3,(H,24,27). The zero-order chi connectivity index (χ0) is 20.1. The number of carbonyl (C=O) groups is 1. The van der Waals surface area contributed by atoms with Crippen molar-refractivity contribution in [2.24, 2.45) is 0 Å². The van der Waals surface area contributed by atoms with Crippen LogP contribution in [0.15, 0.2) is 53.1 Å². The van der Waals surface area contributed by atoms with Crippen LogP contribution < -0.4 is 5.32 Å². The molecule has 0 radical (unpaired) electrons. The van der Waals surface area contributed by atoms with Gasteiger partial charge in [0.15, 0.2) is 5.82 Å². The Bertz CT molecular complexity index is 950. The predicted octanol–water partition coefficient (Wildman–Crippen LogP) is 3.85. The number of rotatable bonds is 6. The van der Waals surface area contributed by atoms with Gasteiger partial charge in [-0.1, -0.05) is 53.2 Å². The maximum Gasteiger partial charge on any atom is 0.416 e. The quantitative estimate of drug-likeness (QED) is 0.695. The fourth-order valence-corrected chi connectivity index (χ4v) is 2.66. The van der Waals surface area contributed by atoms with E-state index < -0.39 is 11.7 Å². The van der Waals surface area contributed by atoms with Crippen LogP contribution in [-0.4, -0.2) is 16.0 Å². The lowest BCUT2D eigenvalue weighted by Gasteiger charge is -2.10. The van der Waals surface area contributed by atoms with Gasteiger partial charge in [-0.2, -0.15) is 18.2 Å². The van der Waals surface area contributed by atoms with Crippen LogP contribution in [-0.2, 0) is 30.4 Å². The molecule has 146 valence electrons. The summed E-state index contributed by atoms with van der Waals surface area (Å²) in [5.74, 6) is -0.150. The molecule has 3 aromatic rings. The van der Waals surface area contributed by atoms with Crippen LogP contribution in [0.3, 0.4) is 0 Å². The second kappa shape index (κ2) is 8.24. The third-order valence-corrected chi connectivity index (χ3v) is 4.10. The third-order valence-electron chi connectivity index (χ3n) is 4.10. The summed E-state index contributed by atoms with van der Waals surface area (Å²) in [7, 11) is 0. The van der Waals surface area contributed by atoms with Gasteiger partial charge in [0.1, 0.15) is 0 Å². The Kier molecular flexibility index (Phi) is 5.77. The molecule has 5 nitrogen and oxygen atoms in total. The highest BCUT2D eigenvalue weighted by Crippen LogP contribution is 2.32. The maximum atomic E-state index is 13.1. The van der Waals surface area contributed by atoms with Crippen LogP contribution in [0.25, 0.3) is 0 Å². The SMILES string of the molecule is Cc1ccc(CNC(=O)Cc2noc(Cc3ccccc3C(F)(F)F)n2)cc1. The fraction of sp³-hybridized carbons (Fsp3) is 0.250. The molecule has 8 heteroatoms. The van der Waals surface area contributed by atoms with Gasteiger partial charge in [0, 0.05) is 6.54 Å². The highest BCUT2D eigenvalue weighted by atomic mass is 19.4. The maximum absolute atomic E-state index is 13.1. The van der Waals surface area contributed by atoms with Gasteiger partial charge in [-0.3, -0.25) is 4.79 Å². The van der Waals surface area contributed by atoms with Crippen LogP contribution in [0.2, 0.25) is 0 Å². The molecule has 0 unspecified atom stereocenters.